The number of rotatable bonds is 2. The Morgan fingerprint density at radius 2 is 2.21 bits per heavy atom. The van der Waals surface area contributed by atoms with Gasteiger partial charge in [-0.1, -0.05) is 0 Å². The van der Waals surface area contributed by atoms with E-state index in [-0.39, 0.29) is 23.8 Å². The normalized spacial score (nSPS) is 22.7. The zero-order chi connectivity index (χ0) is 10.7. The highest BCUT2D eigenvalue weighted by molar-refractivity contribution is 5.81. The van der Waals surface area contributed by atoms with E-state index in [9.17, 15) is 9.59 Å². The van der Waals surface area contributed by atoms with E-state index in [2.05, 4.69) is 4.74 Å². The van der Waals surface area contributed by atoms with Gasteiger partial charge in [0, 0.05) is 19.0 Å². The average Bonchev–Trinajstić information content (AvgIpc) is 2.17. The van der Waals surface area contributed by atoms with Crippen LogP contribution in [-0.2, 0) is 14.3 Å². The van der Waals surface area contributed by atoms with Gasteiger partial charge in [0.2, 0.25) is 5.91 Å². The number of hydrogen-bond donors (Lipinski definition) is 0. The molecule has 4 nitrogen and oxygen atoms in total. The maximum Gasteiger partial charge on any atom is 0.310 e. The Morgan fingerprint density at radius 1 is 1.57 bits per heavy atom. The van der Waals surface area contributed by atoms with Crippen molar-refractivity contribution >= 4 is 11.9 Å². The van der Waals surface area contributed by atoms with Crippen LogP contribution in [0.2, 0.25) is 0 Å². The largest absolute Gasteiger partial charge is 0.469 e. The Hall–Kier alpha value is -1.06. The number of amides is 1. The predicted molar refractivity (Wildman–Crippen MR) is 51.6 cm³/mol. The molecule has 0 aromatic carbocycles. The third kappa shape index (κ3) is 2.25. The molecule has 1 atom stereocenters. The van der Waals surface area contributed by atoms with Gasteiger partial charge in [0.1, 0.15) is 0 Å². The summed E-state index contributed by atoms with van der Waals surface area (Å²) in [5, 5.41) is 0. The number of piperidine rings is 1. The van der Waals surface area contributed by atoms with Crippen LogP contribution in [-0.4, -0.2) is 36.5 Å². The lowest BCUT2D eigenvalue weighted by atomic mass is 9.97. The van der Waals surface area contributed by atoms with Crippen LogP contribution in [0.25, 0.3) is 0 Å². The zero-order valence-corrected chi connectivity index (χ0v) is 8.95. The Balaban J connectivity index is 2.62. The summed E-state index contributed by atoms with van der Waals surface area (Å²) in [6.07, 6.45) is 1.08. The van der Waals surface area contributed by atoms with E-state index in [4.69, 9.17) is 0 Å². The van der Waals surface area contributed by atoms with Gasteiger partial charge in [0.15, 0.2) is 0 Å². The first-order valence-corrected chi connectivity index (χ1v) is 4.93. The maximum absolute atomic E-state index is 11.5. The van der Waals surface area contributed by atoms with E-state index in [1.165, 1.54) is 7.11 Å². The molecule has 0 spiro atoms. The quantitative estimate of drug-likeness (QED) is 0.618. The van der Waals surface area contributed by atoms with Crippen molar-refractivity contribution in [2.45, 2.75) is 32.7 Å². The minimum Gasteiger partial charge on any atom is -0.469 e. The summed E-state index contributed by atoms with van der Waals surface area (Å²) < 4.78 is 4.68. The monoisotopic (exact) mass is 199 g/mol. The lowest BCUT2D eigenvalue weighted by molar-refractivity contribution is -0.151. The molecule has 1 aliphatic rings. The Morgan fingerprint density at radius 3 is 2.71 bits per heavy atom. The first kappa shape index (κ1) is 11.0. The average molecular weight is 199 g/mol. The summed E-state index contributed by atoms with van der Waals surface area (Å²) in [6.45, 7) is 4.41. The fourth-order valence-electron chi connectivity index (χ4n) is 1.73. The number of ether oxygens (including phenoxy) is 1. The van der Waals surface area contributed by atoms with Crippen molar-refractivity contribution in [3.63, 3.8) is 0 Å². The number of nitrogens with zero attached hydrogens (tertiary/aromatic N) is 1. The standard InChI is InChI=1S/C10H17NO3/c1-7(2)11-6-8(10(13)14-3)4-5-9(11)12/h7-8H,4-6H2,1-3H3/t8-/m0/s1. The third-order valence-electron chi connectivity index (χ3n) is 2.60. The molecule has 1 fully saturated rings. The first-order chi connectivity index (χ1) is 6.56. The molecule has 0 aromatic rings. The molecule has 1 saturated heterocycles. The number of esters is 1. The van der Waals surface area contributed by atoms with Crippen LogP contribution >= 0.6 is 0 Å². The van der Waals surface area contributed by atoms with Gasteiger partial charge in [-0.3, -0.25) is 9.59 Å². The van der Waals surface area contributed by atoms with Crippen LogP contribution in [0.15, 0.2) is 0 Å². The topological polar surface area (TPSA) is 46.6 Å². The van der Waals surface area contributed by atoms with E-state index < -0.39 is 0 Å². The minimum absolute atomic E-state index is 0.139. The van der Waals surface area contributed by atoms with Crippen molar-refractivity contribution in [2.24, 2.45) is 5.92 Å². The highest BCUT2D eigenvalue weighted by Gasteiger charge is 2.31. The molecule has 1 aliphatic heterocycles. The number of methoxy groups -OCH3 is 1. The molecule has 0 unspecified atom stereocenters. The van der Waals surface area contributed by atoms with Gasteiger partial charge in [-0.2, -0.15) is 0 Å². The van der Waals surface area contributed by atoms with Crippen LogP contribution < -0.4 is 0 Å². The van der Waals surface area contributed by atoms with Crippen LogP contribution in [0, 0.1) is 5.92 Å². The number of likely N-dealkylation sites (tertiary alicyclic amines) is 1. The Labute approximate surface area is 84.2 Å². The molecule has 1 rings (SSSR count). The Bertz CT molecular complexity index is 238. The molecular weight excluding hydrogens is 182 g/mol. The van der Waals surface area contributed by atoms with E-state index in [1.54, 1.807) is 4.90 Å². The number of hydrogen-bond acceptors (Lipinski definition) is 3. The Kier molecular flexibility index (Phi) is 3.49. The summed E-state index contributed by atoms with van der Waals surface area (Å²) in [7, 11) is 1.39. The fourth-order valence-corrected chi connectivity index (χ4v) is 1.73. The minimum atomic E-state index is -0.205. The fraction of sp³-hybridized carbons (Fsp3) is 0.800. The second kappa shape index (κ2) is 4.44. The molecule has 0 aromatic heterocycles. The summed E-state index contributed by atoms with van der Waals surface area (Å²) in [5.74, 6) is -0.205. The van der Waals surface area contributed by atoms with Crippen molar-refractivity contribution < 1.29 is 14.3 Å². The lowest BCUT2D eigenvalue weighted by Crippen LogP contribution is -2.46. The molecule has 4 heteroatoms. The van der Waals surface area contributed by atoms with Crippen molar-refractivity contribution in [2.75, 3.05) is 13.7 Å². The van der Waals surface area contributed by atoms with Crippen molar-refractivity contribution in [3.8, 4) is 0 Å². The summed E-state index contributed by atoms with van der Waals surface area (Å²) in [5.41, 5.74) is 0. The first-order valence-electron chi connectivity index (χ1n) is 4.93. The van der Waals surface area contributed by atoms with Gasteiger partial charge < -0.3 is 9.64 Å². The van der Waals surface area contributed by atoms with E-state index >= 15 is 0 Å². The number of carbonyl (C=O) groups is 2. The smallest absolute Gasteiger partial charge is 0.310 e. The molecule has 0 saturated carbocycles. The summed E-state index contributed by atoms with van der Waals surface area (Å²) in [4.78, 5) is 24.5. The van der Waals surface area contributed by atoms with E-state index in [0.29, 0.717) is 19.4 Å². The van der Waals surface area contributed by atoms with Gasteiger partial charge in [0.25, 0.3) is 0 Å². The van der Waals surface area contributed by atoms with Gasteiger partial charge >= 0.3 is 5.97 Å². The molecule has 14 heavy (non-hydrogen) atoms. The van der Waals surface area contributed by atoms with Crippen LogP contribution in [0.5, 0.6) is 0 Å². The SMILES string of the molecule is COC(=O)[C@H]1CCC(=O)N(C(C)C)C1. The maximum atomic E-state index is 11.5. The molecule has 0 bridgehead atoms. The van der Waals surface area contributed by atoms with Crippen LogP contribution in [0.4, 0.5) is 0 Å². The highest BCUT2D eigenvalue weighted by Crippen LogP contribution is 2.20. The zero-order valence-electron chi connectivity index (χ0n) is 8.95. The van der Waals surface area contributed by atoms with Crippen molar-refractivity contribution in [3.05, 3.63) is 0 Å². The van der Waals surface area contributed by atoms with Crippen LogP contribution in [0.1, 0.15) is 26.7 Å². The lowest BCUT2D eigenvalue weighted by Gasteiger charge is -2.34. The highest BCUT2D eigenvalue weighted by atomic mass is 16.5. The van der Waals surface area contributed by atoms with E-state index in [0.717, 1.165) is 0 Å². The molecule has 0 aliphatic carbocycles. The molecule has 0 N–H and O–H groups in total. The second-order valence-corrected chi connectivity index (χ2v) is 3.90. The van der Waals surface area contributed by atoms with Gasteiger partial charge in [0.05, 0.1) is 13.0 Å². The predicted octanol–water partition coefficient (Wildman–Crippen LogP) is 0.806. The van der Waals surface area contributed by atoms with Crippen LogP contribution in [0.3, 0.4) is 0 Å². The number of carbonyl (C=O) groups excluding carboxylic acids is 2. The van der Waals surface area contributed by atoms with Crippen molar-refractivity contribution in [1.82, 2.24) is 4.90 Å². The molecule has 1 amide bonds. The molecule has 0 radical (unpaired) electrons. The molecule has 1 heterocycles. The molecule has 80 valence electrons. The van der Waals surface area contributed by atoms with Gasteiger partial charge in [-0.25, -0.2) is 0 Å². The van der Waals surface area contributed by atoms with Gasteiger partial charge in [-0.05, 0) is 20.3 Å². The summed E-state index contributed by atoms with van der Waals surface area (Å²) in [6, 6.07) is 0.162. The second-order valence-electron chi connectivity index (χ2n) is 3.90. The van der Waals surface area contributed by atoms with E-state index in [1.807, 2.05) is 13.8 Å². The van der Waals surface area contributed by atoms with Crippen molar-refractivity contribution in [1.29, 1.82) is 0 Å². The summed E-state index contributed by atoms with van der Waals surface area (Å²) >= 11 is 0. The molecular formula is C10H17NO3. The van der Waals surface area contributed by atoms with Gasteiger partial charge in [-0.15, -0.1) is 0 Å². The third-order valence-corrected chi connectivity index (χ3v) is 2.60.